The molecule has 4 heteroatoms. The van der Waals surface area contributed by atoms with Gasteiger partial charge in [-0.05, 0) is 5.41 Å². The van der Waals surface area contributed by atoms with Gasteiger partial charge in [0, 0.05) is 16.5 Å². The van der Waals surface area contributed by atoms with Gasteiger partial charge in [0.05, 0.1) is 5.92 Å². The first-order chi connectivity index (χ1) is 5.42. The van der Waals surface area contributed by atoms with Gasteiger partial charge in [-0.3, -0.25) is 4.79 Å². The highest BCUT2D eigenvalue weighted by Crippen LogP contribution is 2.62. The van der Waals surface area contributed by atoms with Crippen molar-refractivity contribution in [3.8, 4) is 0 Å². The Bertz CT molecular complexity index is 245. The summed E-state index contributed by atoms with van der Waals surface area (Å²) in [6.45, 7) is 3.75. The van der Waals surface area contributed by atoms with Crippen molar-refractivity contribution in [3.63, 3.8) is 0 Å². The summed E-state index contributed by atoms with van der Waals surface area (Å²) < 4.78 is 0. The number of hydrogen-bond donors (Lipinski definition) is 1. The summed E-state index contributed by atoms with van der Waals surface area (Å²) >= 11 is 11.1. The van der Waals surface area contributed by atoms with Crippen LogP contribution < -0.4 is 0 Å². The van der Waals surface area contributed by atoms with Crippen molar-refractivity contribution in [3.05, 3.63) is 10.6 Å². The maximum atomic E-state index is 10.7. The van der Waals surface area contributed by atoms with E-state index in [-0.39, 0.29) is 17.3 Å². The van der Waals surface area contributed by atoms with Crippen molar-refractivity contribution in [1.29, 1.82) is 0 Å². The molecule has 0 aromatic carbocycles. The van der Waals surface area contributed by atoms with Gasteiger partial charge in [-0.25, -0.2) is 0 Å². The topological polar surface area (TPSA) is 37.3 Å². The lowest BCUT2D eigenvalue weighted by Crippen LogP contribution is -2.03. The van der Waals surface area contributed by atoms with E-state index in [1.54, 1.807) is 0 Å². The van der Waals surface area contributed by atoms with Crippen LogP contribution in [0.3, 0.4) is 0 Å². The molecule has 12 heavy (non-hydrogen) atoms. The van der Waals surface area contributed by atoms with Gasteiger partial charge in [0.15, 0.2) is 0 Å². The molecule has 0 amide bonds. The minimum atomic E-state index is -0.804. The molecule has 1 unspecified atom stereocenters. The lowest BCUT2D eigenvalue weighted by molar-refractivity contribution is -0.139. The summed E-state index contributed by atoms with van der Waals surface area (Å²) in [7, 11) is 0. The van der Waals surface area contributed by atoms with Crippen molar-refractivity contribution in [2.75, 3.05) is 0 Å². The van der Waals surface area contributed by atoms with Gasteiger partial charge < -0.3 is 5.11 Å². The lowest BCUT2D eigenvalue weighted by atomic mass is 10.1. The second kappa shape index (κ2) is 2.93. The van der Waals surface area contributed by atoms with Crippen LogP contribution in [-0.4, -0.2) is 11.1 Å². The Morgan fingerprint density at radius 1 is 1.50 bits per heavy atom. The van der Waals surface area contributed by atoms with Crippen LogP contribution in [0.25, 0.3) is 0 Å². The second-order valence-corrected chi connectivity index (χ2v) is 4.26. The maximum absolute atomic E-state index is 10.7. The third-order valence-corrected chi connectivity index (χ3v) is 3.19. The minimum absolute atomic E-state index is 0.117. The molecule has 0 radical (unpaired) electrons. The molecule has 2 nitrogen and oxygen atoms in total. The van der Waals surface area contributed by atoms with Gasteiger partial charge in [0.2, 0.25) is 0 Å². The fourth-order valence-electron chi connectivity index (χ4n) is 1.68. The fraction of sp³-hybridized carbons (Fsp3) is 0.625. The van der Waals surface area contributed by atoms with Gasteiger partial charge in [-0.1, -0.05) is 37.0 Å². The van der Waals surface area contributed by atoms with E-state index in [9.17, 15) is 4.79 Å². The highest BCUT2D eigenvalue weighted by atomic mass is 35.5. The maximum Gasteiger partial charge on any atom is 0.307 e. The molecule has 0 saturated heterocycles. The van der Waals surface area contributed by atoms with Crippen molar-refractivity contribution >= 4 is 29.2 Å². The predicted molar refractivity (Wildman–Crippen MR) is 48.2 cm³/mol. The van der Waals surface area contributed by atoms with E-state index in [2.05, 4.69) is 0 Å². The van der Waals surface area contributed by atoms with E-state index < -0.39 is 5.97 Å². The van der Waals surface area contributed by atoms with E-state index in [1.165, 1.54) is 5.54 Å². The summed E-state index contributed by atoms with van der Waals surface area (Å²) in [6.07, 6.45) is 0. The van der Waals surface area contributed by atoms with Crippen LogP contribution >= 0.6 is 23.2 Å². The summed E-state index contributed by atoms with van der Waals surface area (Å²) in [6, 6.07) is 0. The standard InChI is InChI=1S/C8H10Cl2O2/c1-8(2)5(4(10)3-9)6(8)7(11)12/h3,5-6H,1-2H3,(H,11,12)/t5?,6-/m0/s1. The van der Waals surface area contributed by atoms with Gasteiger partial charge in [-0.2, -0.15) is 0 Å². The Labute approximate surface area is 81.2 Å². The summed E-state index contributed by atoms with van der Waals surface area (Å²) in [5, 5.41) is 9.21. The van der Waals surface area contributed by atoms with Gasteiger partial charge in [-0.15, -0.1) is 0 Å². The average Bonchev–Trinajstić information content (AvgIpc) is 2.52. The number of hydrogen-bond acceptors (Lipinski definition) is 1. The van der Waals surface area contributed by atoms with Crippen molar-refractivity contribution in [1.82, 2.24) is 0 Å². The molecular formula is C8H10Cl2O2. The summed E-state index contributed by atoms with van der Waals surface area (Å²) in [5.74, 6) is -1.31. The van der Waals surface area contributed by atoms with Crippen molar-refractivity contribution in [2.45, 2.75) is 13.8 Å². The molecule has 0 aromatic heterocycles. The smallest absolute Gasteiger partial charge is 0.307 e. The van der Waals surface area contributed by atoms with Crippen LogP contribution in [0.4, 0.5) is 0 Å². The molecular weight excluding hydrogens is 199 g/mol. The van der Waals surface area contributed by atoms with Gasteiger partial charge >= 0.3 is 5.97 Å². The van der Waals surface area contributed by atoms with Crippen LogP contribution in [0.5, 0.6) is 0 Å². The highest BCUT2D eigenvalue weighted by molar-refractivity contribution is 6.37. The molecule has 0 aliphatic heterocycles. The zero-order chi connectivity index (χ0) is 9.52. The normalized spacial score (nSPS) is 33.2. The average molecular weight is 209 g/mol. The number of aliphatic carboxylic acids is 1. The number of halogens is 2. The van der Waals surface area contributed by atoms with Gasteiger partial charge in [0.25, 0.3) is 0 Å². The Balaban J connectivity index is 2.80. The van der Waals surface area contributed by atoms with E-state index in [0.717, 1.165) is 0 Å². The molecule has 1 rings (SSSR count). The molecule has 0 aromatic rings. The molecule has 0 bridgehead atoms. The summed E-state index contributed by atoms with van der Waals surface area (Å²) in [5.41, 5.74) is 0.991. The zero-order valence-corrected chi connectivity index (χ0v) is 8.36. The second-order valence-electron chi connectivity index (χ2n) is 3.61. The van der Waals surface area contributed by atoms with Crippen LogP contribution in [0.1, 0.15) is 13.8 Å². The Kier molecular flexibility index (Phi) is 2.41. The third-order valence-electron chi connectivity index (χ3n) is 2.49. The molecule has 0 spiro atoms. The Hall–Kier alpha value is -0.210. The number of carbonyl (C=O) groups is 1. The summed E-state index contributed by atoms with van der Waals surface area (Å²) in [4.78, 5) is 10.7. The predicted octanol–water partition coefficient (Wildman–Crippen LogP) is 2.66. The van der Waals surface area contributed by atoms with E-state index in [0.29, 0.717) is 5.03 Å². The van der Waals surface area contributed by atoms with Crippen LogP contribution in [0.15, 0.2) is 10.6 Å². The third kappa shape index (κ3) is 1.34. The molecule has 68 valence electrons. The first-order valence-corrected chi connectivity index (χ1v) is 4.43. The van der Waals surface area contributed by atoms with Crippen LogP contribution in [0, 0.1) is 17.3 Å². The van der Waals surface area contributed by atoms with Crippen molar-refractivity contribution < 1.29 is 9.90 Å². The molecule has 1 saturated carbocycles. The number of allylic oxidation sites excluding steroid dienone is 1. The SMILES string of the molecule is CC1(C)C(C(Cl)=CCl)[C@H]1C(=O)O. The molecule has 0 heterocycles. The minimum Gasteiger partial charge on any atom is -0.481 e. The molecule has 1 aliphatic rings. The van der Waals surface area contributed by atoms with E-state index in [4.69, 9.17) is 28.3 Å². The lowest BCUT2D eigenvalue weighted by Gasteiger charge is -1.98. The largest absolute Gasteiger partial charge is 0.481 e. The number of carboxylic acids is 1. The number of carboxylic acid groups (broad SMARTS) is 1. The van der Waals surface area contributed by atoms with Crippen LogP contribution in [-0.2, 0) is 4.79 Å². The first kappa shape index (κ1) is 9.87. The zero-order valence-electron chi connectivity index (χ0n) is 6.84. The van der Waals surface area contributed by atoms with E-state index in [1.807, 2.05) is 13.8 Å². The Morgan fingerprint density at radius 2 is 2.00 bits per heavy atom. The quantitative estimate of drug-likeness (QED) is 0.758. The highest BCUT2D eigenvalue weighted by Gasteiger charge is 2.63. The number of rotatable bonds is 2. The molecule has 1 aliphatic carbocycles. The van der Waals surface area contributed by atoms with E-state index >= 15 is 0 Å². The van der Waals surface area contributed by atoms with Crippen LogP contribution in [0.2, 0.25) is 0 Å². The molecule has 2 atom stereocenters. The monoisotopic (exact) mass is 208 g/mol. The van der Waals surface area contributed by atoms with Crippen molar-refractivity contribution in [2.24, 2.45) is 17.3 Å². The first-order valence-electron chi connectivity index (χ1n) is 3.61. The fourth-order valence-corrected chi connectivity index (χ4v) is 2.22. The Morgan fingerprint density at radius 3 is 2.25 bits per heavy atom. The molecule has 1 N–H and O–H groups in total. The van der Waals surface area contributed by atoms with Gasteiger partial charge in [0.1, 0.15) is 0 Å². The molecule has 1 fully saturated rings.